The van der Waals surface area contributed by atoms with Crippen LogP contribution in [0.5, 0.6) is 5.75 Å². The Hall–Kier alpha value is -1.62. The second kappa shape index (κ2) is 4.94. The van der Waals surface area contributed by atoms with E-state index in [1.54, 1.807) is 12.1 Å². The molecule has 1 aliphatic heterocycles. The van der Waals surface area contributed by atoms with Gasteiger partial charge in [-0.25, -0.2) is 0 Å². The maximum Gasteiger partial charge on any atom is 0.273 e. The number of nitrogens with zero attached hydrogens (tertiary/aromatic N) is 1. The van der Waals surface area contributed by atoms with Gasteiger partial charge in [0.25, 0.3) is 5.69 Å². The molecule has 0 aromatic heterocycles. The minimum absolute atomic E-state index is 0.0720. The molecule has 1 aromatic rings. The van der Waals surface area contributed by atoms with Crippen molar-refractivity contribution in [2.45, 2.75) is 6.42 Å². The molecule has 1 heterocycles. The smallest absolute Gasteiger partial charge is 0.273 e. The molecule has 86 valence electrons. The number of non-ortho nitro benzene ring substituents is 1. The minimum atomic E-state index is -0.414. The molecule has 0 amide bonds. The molecule has 1 saturated heterocycles. The van der Waals surface area contributed by atoms with Crippen molar-refractivity contribution < 1.29 is 9.66 Å². The van der Waals surface area contributed by atoms with Crippen LogP contribution in [-0.4, -0.2) is 24.6 Å². The second-order valence-electron chi connectivity index (χ2n) is 3.92. The van der Waals surface area contributed by atoms with Gasteiger partial charge in [-0.2, -0.15) is 0 Å². The Bertz CT molecular complexity index is 377. The van der Waals surface area contributed by atoms with Gasteiger partial charge in [0.05, 0.1) is 17.6 Å². The van der Waals surface area contributed by atoms with Gasteiger partial charge in [0.15, 0.2) is 0 Å². The Morgan fingerprint density at radius 3 is 2.94 bits per heavy atom. The van der Waals surface area contributed by atoms with Crippen molar-refractivity contribution in [2.24, 2.45) is 5.92 Å². The summed E-state index contributed by atoms with van der Waals surface area (Å²) in [5.74, 6) is 1.26. The first kappa shape index (κ1) is 10.9. The fraction of sp³-hybridized carbons (Fsp3) is 0.455. The van der Waals surface area contributed by atoms with Gasteiger partial charge in [-0.15, -0.1) is 0 Å². The summed E-state index contributed by atoms with van der Waals surface area (Å²) in [5.41, 5.74) is 0.0720. The van der Waals surface area contributed by atoms with E-state index in [9.17, 15) is 10.1 Å². The second-order valence-corrected chi connectivity index (χ2v) is 3.92. The molecule has 1 fully saturated rings. The summed E-state index contributed by atoms with van der Waals surface area (Å²) in [4.78, 5) is 10.1. The van der Waals surface area contributed by atoms with E-state index in [4.69, 9.17) is 4.74 Å². The highest BCUT2D eigenvalue weighted by Gasteiger charge is 2.16. The van der Waals surface area contributed by atoms with Gasteiger partial charge in [0, 0.05) is 6.07 Å². The minimum Gasteiger partial charge on any atom is -0.493 e. The van der Waals surface area contributed by atoms with Gasteiger partial charge < -0.3 is 10.1 Å². The molecule has 2 rings (SSSR count). The van der Waals surface area contributed by atoms with E-state index in [-0.39, 0.29) is 5.69 Å². The number of hydrogen-bond donors (Lipinski definition) is 1. The molecule has 0 aliphatic carbocycles. The SMILES string of the molecule is O=[N+]([O-])c1cccc(OCCC2CNC2)c1. The normalized spacial score (nSPS) is 15.5. The zero-order valence-electron chi connectivity index (χ0n) is 8.89. The molecule has 5 heteroatoms. The van der Waals surface area contributed by atoms with E-state index in [1.165, 1.54) is 12.1 Å². The van der Waals surface area contributed by atoms with Crippen LogP contribution >= 0.6 is 0 Å². The predicted molar refractivity (Wildman–Crippen MR) is 59.6 cm³/mol. The monoisotopic (exact) mass is 222 g/mol. The summed E-state index contributed by atoms with van der Waals surface area (Å²) in [5, 5.41) is 13.7. The zero-order valence-corrected chi connectivity index (χ0v) is 8.89. The molecule has 0 radical (unpaired) electrons. The highest BCUT2D eigenvalue weighted by atomic mass is 16.6. The molecule has 1 aliphatic rings. The number of nitro benzene ring substituents is 1. The van der Waals surface area contributed by atoms with Crippen molar-refractivity contribution in [3.8, 4) is 5.75 Å². The molecule has 0 saturated carbocycles. The highest BCUT2D eigenvalue weighted by molar-refractivity contribution is 5.37. The van der Waals surface area contributed by atoms with Crippen molar-refractivity contribution in [2.75, 3.05) is 19.7 Å². The summed E-state index contributed by atoms with van der Waals surface area (Å²) in [6.45, 7) is 2.73. The number of benzene rings is 1. The number of nitrogens with one attached hydrogen (secondary N) is 1. The Balaban J connectivity index is 1.83. The fourth-order valence-corrected chi connectivity index (χ4v) is 1.58. The lowest BCUT2D eigenvalue weighted by atomic mass is 10.0. The van der Waals surface area contributed by atoms with Crippen molar-refractivity contribution in [3.05, 3.63) is 34.4 Å². The van der Waals surface area contributed by atoms with E-state index >= 15 is 0 Å². The lowest BCUT2D eigenvalue weighted by Crippen LogP contribution is -2.42. The molecule has 0 unspecified atom stereocenters. The van der Waals surface area contributed by atoms with E-state index in [0.717, 1.165) is 19.5 Å². The van der Waals surface area contributed by atoms with Crippen LogP contribution in [0.3, 0.4) is 0 Å². The molecular formula is C11H14N2O3. The third-order valence-corrected chi connectivity index (χ3v) is 2.69. The maximum absolute atomic E-state index is 10.5. The zero-order chi connectivity index (χ0) is 11.4. The van der Waals surface area contributed by atoms with E-state index in [1.807, 2.05) is 0 Å². The Morgan fingerprint density at radius 2 is 2.31 bits per heavy atom. The topological polar surface area (TPSA) is 64.4 Å². The van der Waals surface area contributed by atoms with Crippen LogP contribution in [0.4, 0.5) is 5.69 Å². The van der Waals surface area contributed by atoms with Crippen LogP contribution in [0.1, 0.15) is 6.42 Å². The van der Waals surface area contributed by atoms with Crippen molar-refractivity contribution in [1.29, 1.82) is 0 Å². The van der Waals surface area contributed by atoms with Crippen LogP contribution in [0, 0.1) is 16.0 Å². The number of rotatable bonds is 5. The fourth-order valence-electron chi connectivity index (χ4n) is 1.58. The van der Waals surface area contributed by atoms with Gasteiger partial charge >= 0.3 is 0 Å². The Labute approximate surface area is 93.6 Å². The van der Waals surface area contributed by atoms with E-state index < -0.39 is 4.92 Å². The summed E-state index contributed by atoms with van der Waals surface area (Å²) in [6.07, 6.45) is 0.996. The summed E-state index contributed by atoms with van der Waals surface area (Å²) < 4.78 is 5.47. The van der Waals surface area contributed by atoms with Crippen LogP contribution in [0.25, 0.3) is 0 Å². The molecule has 0 spiro atoms. The largest absolute Gasteiger partial charge is 0.493 e. The molecule has 5 nitrogen and oxygen atoms in total. The molecule has 1 N–H and O–H groups in total. The summed E-state index contributed by atoms with van der Waals surface area (Å²) in [6, 6.07) is 6.30. The standard InChI is InChI=1S/C11H14N2O3/c14-13(15)10-2-1-3-11(6-10)16-5-4-9-7-12-8-9/h1-3,6,9,12H,4-5,7-8H2. The predicted octanol–water partition coefficient (Wildman–Crippen LogP) is 1.58. The van der Waals surface area contributed by atoms with Crippen LogP contribution in [0.2, 0.25) is 0 Å². The third-order valence-electron chi connectivity index (χ3n) is 2.69. The van der Waals surface area contributed by atoms with Crippen molar-refractivity contribution >= 4 is 5.69 Å². The van der Waals surface area contributed by atoms with Gasteiger partial charge in [-0.05, 0) is 31.5 Å². The number of ether oxygens (including phenoxy) is 1. The Morgan fingerprint density at radius 1 is 1.50 bits per heavy atom. The van der Waals surface area contributed by atoms with E-state index in [2.05, 4.69) is 5.32 Å². The van der Waals surface area contributed by atoms with Gasteiger partial charge in [-0.3, -0.25) is 10.1 Å². The number of nitro groups is 1. The first-order valence-corrected chi connectivity index (χ1v) is 5.33. The van der Waals surface area contributed by atoms with Gasteiger partial charge in [-0.1, -0.05) is 6.07 Å². The third kappa shape index (κ3) is 2.70. The van der Waals surface area contributed by atoms with Gasteiger partial charge in [0.2, 0.25) is 0 Å². The molecule has 0 bridgehead atoms. The van der Waals surface area contributed by atoms with Crippen LogP contribution < -0.4 is 10.1 Å². The maximum atomic E-state index is 10.5. The average molecular weight is 222 g/mol. The first-order valence-electron chi connectivity index (χ1n) is 5.33. The van der Waals surface area contributed by atoms with Crippen LogP contribution in [0.15, 0.2) is 24.3 Å². The lowest BCUT2D eigenvalue weighted by molar-refractivity contribution is -0.384. The van der Waals surface area contributed by atoms with E-state index in [0.29, 0.717) is 18.3 Å². The molecule has 16 heavy (non-hydrogen) atoms. The Kier molecular flexibility index (Phi) is 3.36. The number of hydrogen-bond acceptors (Lipinski definition) is 4. The summed E-state index contributed by atoms with van der Waals surface area (Å²) >= 11 is 0. The molecule has 1 aromatic carbocycles. The molecular weight excluding hydrogens is 208 g/mol. The highest BCUT2D eigenvalue weighted by Crippen LogP contribution is 2.19. The average Bonchev–Trinajstić information content (AvgIpc) is 2.22. The van der Waals surface area contributed by atoms with Crippen molar-refractivity contribution in [3.63, 3.8) is 0 Å². The van der Waals surface area contributed by atoms with Crippen LogP contribution in [-0.2, 0) is 0 Å². The van der Waals surface area contributed by atoms with Crippen molar-refractivity contribution in [1.82, 2.24) is 5.32 Å². The molecule has 0 atom stereocenters. The summed E-state index contributed by atoms with van der Waals surface area (Å²) in [7, 11) is 0. The lowest BCUT2D eigenvalue weighted by Gasteiger charge is -2.26. The van der Waals surface area contributed by atoms with Gasteiger partial charge in [0.1, 0.15) is 5.75 Å². The first-order chi connectivity index (χ1) is 7.75. The quantitative estimate of drug-likeness (QED) is 0.607.